The summed E-state index contributed by atoms with van der Waals surface area (Å²) in [6.45, 7) is 0.452. The Labute approximate surface area is 241 Å². The highest BCUT2D eigenvalue weighted by Gasteiger charge is 2.32. The number of imidazole rings is 1. The van der Waals surface area contributed by atoms with E-state index in [1.165, 1.54) is 43.5 Å². The number of rotatable bonds is 10. The van der Waals surface area contributed by atoms with Crippen molar-refractivity contribution in [3.05, 3.63) is 107 Å². The highest BCUT2D eigenvalue weighted by Crippen LogP contribution is 2.29. The van der Waals surface area contributed by atoms with Gasteiger partial charge in [0.25, 0.3) is 0 Å². The van der Waals surface area contributed by atoms with E-state index in [0.29, 0.717) is 29.0 Å². The van der Waals surface area contributed by atoms with Crippen molar-refractivity contribution in [3.8, 4) is 17.1 Å². The van der Waals surface area contributed by atoms with E-state index in [2.05, 4.69) is 15.0 Å². The number of carboxylic acids is 1. The predicted octanol–water partition coefficient (Wildman–Crippen LogP) is 6.30. The molecule has 1 N–H and O–H groups in total. The number of pyridine rings is 2. The summed E-state index contributed by atoms with van der Waals surface area (Å²) in [5.41, 5.74) is 0.403. The molecule has 0 atom stereocenters. The molecule has 222 valence electrons. The topological polar surface area (TPSA) is 99.4 Å². The monoisotopic (exact) mass is 598 g/mol. The fourth-order valence-electron chi connectivity index (χ4n) is 4.44. The van der Waals surface area contributed by atoms with E-state index in [1.807, 2.05) is 0 Å². The first kappa shape index (κ1) is 29.6. The number of aromatic carboxylic acids is 1. The minimum absolute atomic E-state index is 0.0240. The molecule has 5 aromatic rings. The molecule has 3 aromatic heterocycles. The Hall–Kier alpha value is -4.91. The van der Waals surface area contributed by atoms with Crippen LogP contribution in [-0.4, -0.2) is 44.3 Å². The number of benzene rings is 2. The maximum atomic E-state index is 15.3. The van der Waals surface area contributed by atoms with Crippen LogP contribution in [0.2, 0.25) is 0 Å². The lowest BCUT2D eigenvalue weighted by atomic mass is 10.0. The molecule has 0 unspecified atom stereocenters. The normalized spacial score (nSPS) is 11.7. The van der Waals surface area contributed by atoms with Gasteiger partial charge in [0.05, 0.1) is 28.9 Å². The van der Waals surface area contributed by atoms with Gasteiger partial charge in [-0.15, -0.1) is 0 Å². The lowest BCUT2D eigenvalue weighted by Gasteiger charge is -2.12. The Morgan fingerprint density at radius 2 is 1.81 bits per heavy atom. The second-order valence-corrected chi connectivity index (χ2v) is 9.48. The van der Waals surface area contributed by atoms with Crippen LogP contribution in [0.25, 0.3) is 22.3 Å². The van der Waals surface area contributed by atoms with Crippen LogP contribution in [-0.2, 0) is 30.5 Å². The van der Waals surface area contributed by atoms with Gasteiger partial charge in [0.1, 0.15) is 29.8 Å². The van der Waals surface area contributed by atoms with Crippen molar-refractivity contribution in [1.29, 1.82) is 0 Å². The number of methoxy groups -OCH3 is 1. The molecule has 13 heteroatoms. The van der Waals surface area contributed by atoms with Crippen molar-refractivity contribution in [1.82, 2.24) is 19.5 Å². The molecule has 0 saturated heterocycles. The maximum absolute atomic E-state index is 15.3. The van der Waals surface area contributed by atoms with E-state index in [9.17, 15) is 23.1 Å². The van der Waals surface area contributed by atoms with Gasteiger partial charge in [-0.25, -0.2) is 23.5 Å². The smallest absolute Gasteiger partial charge is 0.433 e. The summed E-state index contributed by atoms with van der Waals surface area (Å²) in [7, 11) is 1.51. The average Bonchev–Trinajstić information content (AvgIpc) is 3.32. The average molecular weight is 599 g/mol. The minimum Gasteiger partial charge on any atom is -0.478 e. The predicted molar refractivity (Wildman–Crippen MR) is 145 cm³/mol. The van der Waals surface area contributed by atoms with E-state index in [1.54, 1.807) is 10.6 Å². The van der Waals surface area contributed by atoms with Gasteiger partial charge in [-0.05, 0) is 48.0 Å². The minimum atomic E-state index is -4.56. The lowest BCUT2D eigenvalue weighted by molar-refractivity contribution is -0.141. The van der Waals surface area contributed by atoms with Crippen LogP contribution in [0.1, 0.15) is 33.0 Å². The van der Waals surface area contributed by atoms with Crippen LogP contribution in [0.4, 0.5) is 22.0 Å². The van der Waals surface area contributed by atoms with Crippen molar-refractivity contribution in [2.24, 2.45) is 0 Å². The van der Waals surface area contributed by atoms with Crippen LogP contribution < -0.4 is 4.74 Å². The molecule has 3 heterocycles. The number of halogens is 5. The number of alkyl halides is 3. The summed E-state index contributed by atoms with van der Waals surface area (Å²) in [5, 5.41) is 9.38. The second-order valence-electron chi connectivity index (χ2n) is 9.48. The molecule has 43 heavy (non-hydrogen) atoms. The number of aromatic nitrogens is 4. The molecule has 0 fully saturated rings. The number of fused-ring (bicyclic) bond motifs is 1. The van der Waals surface area contributed by atoms with Crippen LogP contribution >= 0.6 is 0 Å². The molecule has 0 saturated carbocycles. The van der Waals surface area contributed by atoms with E-state index < -0.39 is 29.5 Å². The molecule has 0 amide bonds. The fourth-order valence-corrected chi connectivity index (χ4v) is 4.44. The van der Waals surface area contributed by atoms with Crippen molar-refractivity contribution in [2.45, 2.75) is 25.7 Å². The van der Waals surface area contributed by atoms with E-state index in [-0.39, 0.29) is 47.9 Å². The number of nitrogens with zero attached hydrogens (tertiary/aromatic N) is 4. The third-order valence-electron chi connectivity index (χ3n) is 6.58. The summed E-state index contributed by atoms with van der Waals surface area (Å²) in [5.74, 6) is -2.12. The fraction of sp³-hybridized carbons (Fsp3) is 0.200. The third-order valence-corrected chi connectivity index (χ3v) is 6.58. The first-order valence-electron chi connectivity index (χ1n) is 12.8. The zero-order chi connectivity index (χ0) is 30.7. The van der Waals surface area contributed by atoms with Crippen LogP contribution in [0.3, 0.4) is 0 Å². The first-order chi connectivity index (χ1) is 20.5. The SMILES string of the molecule is COCCn1c(Cc2cc(F)c(-c3cccc(OCc4ccc(C(F)(F)F)nc4)n3)cc2F)nc2ccc(C(=O)O)cc21. The highest BCUT2D eigenvalue weighted by atomic mass is 19.4. The standard InChI is InChI=1S/C30H23F5N4O4/c1-42-10-9-39-25-12-18(29(40)41)6-7-24(25)37-27(39)13-19-11-22(32)20(14-21(19)31)23-3-2-4-28(38-23)43-16-17-5-8-26(36-15-17)30(33,34)35/h2-8,11-12,14-15H,9-10,13,16H2,1H3,(H,40,41). The number of carboxylic acid groups (broad SMARTS) is 1. The first-order valence-corrected chi connectivity index (χ1v) is 12.8. The molecule has 0 radical (unpaired) electrons. The molecule has 2 aromatic carbocycles. The Morgan fingerprint density at radius 1 is 1.00 bits per heavy atom. The van der Waals surface area contributed by atoms with Crippen molar-refractivity contribution < 1.29 is 41.3 Å². The van der Waals surface area contributed by atoms with E-state index in [0.717, 1.165) is 24.4 Å². The van der Waals surface area contributed by atoms with Gasteiger partial charge in [-0.2, -0.15) is 13.2 Å². The van der Waals surface area contributed by atoms with E-state index >= 15 is 8.78 Å². The number of hydrogen-bond acceptors (Lipinski definition) is 6. The molecule has 0 aliphatic heterocycles. The molecule has 0 aliphatic carbocycles. The van der Waals surface area contributed by atoms with Gasteiger partial charge in [0.15, 0.2) is 0 Å². The number of carbonyl (C=O) groups is 1. The van der Waals surface area contributed by atoms with Crippen LogP contribution in [0, 0.1) is 11.6 Å². The molecule has 0 aliphatic rings. The maximum Gasteiger partial charge on any atom is 0.433 e. The van der Waals surface area contributed by atoms with E-state index in [4.69, 9.17) is 9.47 Å². The molecule has 0 bridgehead atoms. The molecule has 0 spiro atoms. The highest BCUT2D eigenvalue weighted by molar-refractivity contribution is 5.92. The van der Waals surface area contributed by atoms with Crippen LogP contribution in [0.5, 0.6) is 5.88 Å². The zero-order valence-electron chi connectivity index (χ0n) is 22.5. The van der Waals surface area contributed by atoms with Gasteiger partial charge in [-0.3, -0.25) is 4.98 Å². The van der Waals surface area contributed by atoms with Gasteiger partial charge in [-0.1, -0.05) is 12.1 Å². The summed E-state index contributed by atoms with van der Waals surface area (Å²) >= 11 is 0. The summed E-state index contributed by atoms with van der Waals surface area (Å²) in [6.07, 6.45) is -3.61. The summed E-state index contributed by atoms with van der Waals surface area (Å²) < 4.78 is 81.3. The van der Waals surface area contributed by atoms with Gasteiger partial charge >= 0.3 is 12.1 Å². The van der Waals surface area contributed by atoms with Gasteiger partial charge < -0.3 is 19.1 Å². The van der Waals surface area contributed by atoms with Gasteiger partial charge in [0, 0.05) is 43.5 Å². The summed E-state index contributed by atoms with van der Waals surface area (Å²) in [6, 6.07) is 13.0. The van der Waals surface area contributed by atoms with Gasteiger partial charge in [0.2, 0.25) is 5.88 Å². The summed E-state index contributed by atoms with van der Waals surface area (Å²) in [4.78, 5) is 23.6. The second kappa shape index (κ2) is 12.1. The molecular formula is C30H23F5N4O4. The third kappa shape index (κ3) is 6.61. The van der Waals surface area contributed by atoms with Crippen molar-refractivity contribution in [2.75, 3.05) is 13.7 Å². The Kier molecular flexibility index (Phi) is 8.35. The number of ether oxygens (including phenoxy) is 2. The Morgan fingerprint density at radius 3 is 2.51 bits per heavy atom. The Balaban J connectivity index is 1.37. The largest absolute Gasteiger partial charge is 0.478 e. The number of hydrogen-bond donors (Lipinski definition) is 1. The van der Waals surface area contributed by atoms with Crippen LogP contribution in [0.15, 0.2) is 66.9 Å². The zero-order valence-corrected chi connectivity index (χ0v) is 22.5. The quantitative estimate of drug-likeness (QED) is 0.188. The molecular weight excluding hydrogens is 575 g/mol. The van der Waals surface area contributed by atoms with Crippen molar-refractivity contribution >= 4 is 17.0 Å². The molecule has 5 rings (SSSR count). The molecule has 8 nitrogen and oxygen atoms in total. The van der Waals surface area contributed by atoms with Crippen molar-refractivity contribution in [3.63, 3.8) is 0 Å². The lowest BCUT2D eigenvalue weighted by Crippen LogP contribution is -2.10. The Bertz CT molecular complexity index is 1790.